The summed E-state index contributed by atoms with van der Waals surface area (Å²) >= 11 is 0. The van der Waals surface area contributed by atoms with Gasteiger partial charge in [0.1, 0.15) is 8.07 Å². The average molecular weight is 483 g/mol. The Morgan fingerprint density at radius 2 is 1.26 bits per heavy atom. The van der Waals surface area contributed by atoms with Gasteiger partial charge in [0.05, 0.1) is 0 Å². The van der Waals surface area contributed by atoms with Gasteiger partial charge in [-0.3, -0.25) is 0 Å². The SMILES string of the molecule is C=C[Si](C)(C)O[Si](C)(C)O[Si](C(=C)C)(c1ccccc1)c1ccccc1[Si](C)(C)C=C. The van der Waals surface area contributed by atoms with E-state index >= 15 is 0 Å². The molecule has 0 saturated carbocycles. The number of benzene rings is 2. The Morgan fingerprint density at radius 3 is 1.74 bits per heavy atom. The van der Waals surface area contributed by atoms with Crippen molar-refractivity contribution in [3.8, 4) is 0 Å². The van der Waals surface area contributed by atoms with Gasteiger partial charge in [-0.15, -0.1) is 19.7 Å². The van der Waals surface area contributed by atoms with Crippen LogP contribution in [-0.4, -0.2) is 33.3 Å². The average Bonchev–Trinajstić information content (AvgIpc) is 2.71. The number of rotatable bonds is 10. The standard InChI is InChI=1S/C25H38O2Si4/c1-11-28(5,6)24-20-16-17-21-25(24)31(22(3)4,23-18-14-13-15-19-23)27-30(9,10)26-29(7,8)12-2/h11-21H,1-3H2,4-10H3. The lowest BCUT2D eigenvalue weighted by atomic mass is 10.4. The molecule has 2 aromatic rings. The van der Waals surface area contributed by atoms with Crippen molar-refractivity contribution in [2.75, 3.05) is 0 Å². The van der Waals surface area contributed by atoms with Crippen molar-refractivity contribution in [1.82, 2.24) is 0 Å². The molecule has 31 heavy (non-hydrogen) atoms. The molecule has 0 N–H and O–H groups in total. The summed E-state index contributed by atoms with van der Waals surface area (Å²) in [4.78, 5) is 0. The normalized spacial score (nSPS) is 14.5. The van der Waals surface area contributed by atoms with E-state index in [0.29, 0.717) is 0 Å². The fourth-order valence-corrected chi connectivity index (χ4v) is 20.3. The molecule has 0 aliphatic carbocycles. The van der Waals surface area contributed by atoms with Gasteiger partial charge in [0.15, 0.2) is 8.32 Å². The van der Waals surface area contributed by atoms with Crippen LogP contribution in [0.2, 0.25) is 39.3 Å². The molecule has 0 aliphatic heterocycles. The summed E-state index contributed by atoms with van der Waals surface area (Å²) in [5.74, 6) is 0. The monoisotopic (exact) mass is 482 g/mol. The third-order valence-corrected chi connectivity index (χ3v) is 20.6. The first kappa shape index (κ1) is 25.7. The van der Waals surface area contributed by atoms with Crippen molar-refractivity contribution in [3.63, 3.8) is 0 Å². The maximum atomic E-state index is 7.31. The zero-order valence-corrected chi connectivity index (χ0v) is 24.3. The highest BCUT2D eigenvalue weighted by Crippen LogP contribution is 2.25. The molecule has 6 heteroatoms. The second-order valence-electron chi connectivity index (χ2n) is 9.71. The quantitative estimate of drug-likeness (QED) is 0.435. The molecule has 2 rings (SSSR count). The molecule has 166 valence electrons. The van der Waals surface area contributed by atoms with Gasteiger partial charge in [0.25, 0.3) is 8.32 Å². The molecule has 0 aliphatic rings. The fraction of sp³-hybridized carbons (Fsp3) is 0.280. The van der Waals surface area contributed by atoms with Crippen LogP contribution in [0.5, 0.6) is 0 Å². The van der Waals surface area contributed by atoms with Crippen LogP contribution in [0.1, 0.15) is 6.92 Å². The minimum Gasteiger partial charge on any atom is -0.433 e. The van der Waals surface area contributed by atoms with Crippen LogP contribution < -0.4 is 15.6 Å². The van der Waals surface area contributed by atoms with E-state index in [1.54, 1.807) is 0 Å². The Balaban J connectivity index is 2.85. The van der Waals surface area contributed by atoms with E-state index in [2.05, 4.69) is 126 Å². The van der Waals surface area contributed by atoms with Gasteiger partial charge < -0.3 is 8.23 Å². The molecule has 0 aromatic heterocycles. The first-order chi connectivity index (χ1) is 14.3. The van der Waals surface area contributed by atoms with Crippen molar-refractivity contribution < 1.29 is 8.23 Å². The molecule has 1 unspecified atom stereocenters. The molecule has 1 atom stereocenters. The van der Waals surface area contributed by atoms with Crippen LogP contribution in [0.3, 0.4) is 0 Å². The van der Waals surface area contributed by atoms with Gasteiger partial charge in [-0.2, -0.15) is 0 Å². The van der Waals surface area contributed by atoms with E-state index in [-0.39, 0.29) is 0 Å². The second-order valence-corrected chi connectivity index (χ2v) is 25.5. The summed E-state index contributed by atoms with van der Waals surface area (Å²) in [6.45, 7) is 28.2. The fourth-order valence-electron chi connectivity index (χ4n) is 4.03. The van der Waals surface area contributed by atoms with Crippen molar-refractivity contribution in [2.24, 2.45) is 0 Å². The Hall–Kier alpha value is -1.55. The molecule has 0 saturated heterocycles. The molecule has 0 spiro atoms. The van der Waals surface area contributed by atoms with E-state index in [4.69, 9.17) is 8.23 Å². The number of allylic oxidation sites excluding steroid dienone is 1. The predicted octanol–water partition coefficient (Wildman–Crippen LogP) is 5.17. The molecular formula is C25H38O2Si4. The van der Waals surface area contributed by atoms with Crippen LogP contribution in [0.25, 0.3) is 0 Å². The van der Waals surface area contributed by atoms with E-state index in [1.165, 1.54) is 15.6 Å². The van der Waals surface area contributed by atoms with Crippen LogP contribution >= 0.6 is 0 Å². The van der Waals surface area contributed by atoms with Gasteiger partial charge >= 0.3 is 8.56 Å². The van der Waals surface area contributed by atoms with Crippen LogP contribution in [0, 0.1) is 0 Å². The van der Waals surface area contributed by atoms with E-state index < -0.39 is 33.3 Å². The highest BCUT2D eigenvalue weighted by molar-refractivity contribution is 7.10. The maximum absolute atomic E-state index is 7.31. The zero-order valence-electron chi connectivity index (χ0n) is 20.3. The summed E-state index contributed by atoms with van der Waals surface area (Å²) < 4.78 is 14.0. The minimum absolute atomic E-state index is 1.09. The summed E-state index contributed by atoms with van der Waals surface area (Å²) in [6.07, 6.45) is 0. The number of hydrogen-bond donors (Lipinski definition) is 0. The van der Waals surface area contributed by atoms with Gasteiger partial charge in [-0.25, -0.2) is 0 Å². The van der Waals surface area contributed by atoms with Crippen molar-refractivity contribution in [2.45, 2.75) is 46.2 Å². The van der Waals surface area contributed by atoms with E-state index in [0.717, 1.165) is 5.20 Å². The van der Waals surface area contributed by atoms with Gasteiger partial charge in [0.2, 0.25) is 0 Å². The van der Waals surface area contributed by atoms with Crippen molar-refractivity contribution in [1.29, 1.82) is 0 Å². The largest absolute Gasteiger partial charge is 0.433 e. The third kappa shape index (κ3) is 5.63. The molecule has 0 amide bonds. The van der Waals surface area contributed by atoms with Gasteiger partial charge in [-0.1, -0.05) is 89.5 Å². The van der Waals surface area contributed by atoms with Crippen molar-refractivity contribution >= 4 is 48.8 Å². The minimum atomic E-state index is -2.83. The lowest BCUT2D eigenvalue weighted by molar-refractivity contribution is 0.404. The molecule has 0 bridgehead atoms. The molecule has 2 aromatic carbocycles. The molecule has 0 radical (unpaired) electrons. The second kappa shape index (κ2) is 9.52. The highest BCUT2D eigenvalue weighted by atomic mass is 28.5. The van der Waals surface area contributed by atoms with E-state index in [9.17, 15) is 0 Å². The van der Waals surface area contributed by atoms with Gasteiger partial charge in [0, 0.05) is 0 Å². The molecular weight excluding hydrogens is 445 g/mol. The van der Waals surface area contributed by atoms with Crippen molar-refractivity contribution in [3.05, 3.63) is 90.9 Å². The molecule has 0 fully saturated rings. The van der Waals surface area contributed by atoms with Crippen LogP contribution in [-0.2, 0) is 8.23 Å². The third-order valence-electron chi connectivity index (χ3n) is 5.69. The smallest absolute Gasteiger partial charge is 0.312 e. The topological polar surface area (TPSA) is 18.5 Å². The van der Waals surface area contributed by atoms with Crippen LogP contribution in [0.4, 0.5) is 0 Å². The zero-order chi connectivity index (χ0) is 23.5. The summed E-state index contributed by atoms with van der Waals surface area (Å²) in [6, 6.07) is 19.4. The Kier molecular flexibility index (Phi) is 7.89. The highest BCUT2D eigenvalue weighted by Gasteiger charge is 2.49. The predicted molar refractivity (Wildman–Crippen MR) is 147 cm³/mol. The lowest BCUT2D eigenvalue weighted by Gasteiger charge is -2.43. The Labute approximate surface area is 193 Å². The van der Waals surface area contributed by atoms with E-state index in [1.807, 2.05) is 5.70 Å². The Morgan fingerprint density at radius 1 is 0.742 bits per heavy atom. The first-order valence-electron chi connectivity index (χ1n) is 10.8. The van der Waals surface area contributed by atoms with Crippen LogP contribution in [0.15, 0.2) is 90.9 Å². The molecule has 0 heterocycles. The lowest BCUT2D eigenvalue weighted by Crippen LogP contribution is -2.72. The van der Waals surface area contributed by atoms with Gasteiger partial charge in [-0.05, 0) is 43.5 Å². The summed E-state index contributed by atoms with van der Waals surface area (Å²) in [5.41, 5.74) is 4.14. The summed E-state index contributed by atoms with van der Waals surface area (Å²) in [7, 11) is -9.25. The first-order valence-corrected chi connectivity index (χ1v) is 21.6. The Bertz CT molecular complexity index is 951. The maximum Gasteiger partial charge on any atom is 0.312 e. The molecule has 2 nitrogen and oxygen atoms in total. The number of hydrogen-bond acceptors (Lipinski definition) is 2. The summed E-state index contributed by atoms with van der Waals surface area (Å²) in [5, 5.41) is 4.95.